The molecule has 8 nitrogen and oxygen atoms in total. The van der Waals surface area contributed by atoms with E-state index in [0.29, 0.717) is 29.7 Å². The fraction of sp³-hybridized carbons (Fsp3) is 0.263. The summed E-state index contributed by atoms with van der Waals surface area (Å²) in [6.07, 6.45) is 2.96. The lowest BCUT2D eigenvalue weighted by atomic mass is 10.2. The third kappa shape index (κ3) is 3.85. The highest BCUT2D eigenvalue weighted by molar-refractivity contribution is 7.90. The number of nitrogens with one attached hydrogen (secondary N) is 2. The summed E-state index contributed by atoms with van der Waals surface area (Å²) in [6.45, 7) is 0.797. The molecule has 1 saturated heterocycles. The van der Waals surface area contributed by atoms with Crippen molar-refractivity contribution in [1.82, 2.24) is 13.9 Å². The van der Waals surface area contributed by atoms with Crippen LogP contribution in [-0.4, -0.2) is 35.4 Å². The smallest absolute Gasteiger partial charge is 0.301 e. The minimum absolute atomic E-state index is 0.0656. The Balaban J connectivity index is 1.68. The van der Waals surface area contributed by atoms with E-state index in [1.165, 1.54) is 27.3 Å². The molecule has 0 atom stereocenters. The van der Waals surface area contributed by atoms with E-state index in [0.717, 1.165) is 12.8 Å². The van der Waals surface area contributed by atoms with Crippen molar-refractivity contribution in [1.29, 1.82) is 0 Å². The normalized spacial score (nSPS) is 14.9. The van der Waals surface area contributed by atoms with Crippen molar-refractivity contribution in [3.8, 4) is 0 Å². The van der Waals surface area contributed by atoms with Gasteiger partial charge in [0.2, 0.25) is 0 Å². The summed E-state index contributed by atoms with van der Waals surface area (Å²) >= 11 is 6.16. The van der Waals surface area contributed by atoms with E-state index in [4.69, 9.17) is 11.6 Å². The fourth-order valence-electron chi connectivity index (χ4n) is 3.31. The van der Waals surface area contributed by atoms with E-state index in [9.17, 15) is 13.2 Å². The van der Waals surface area contributed by atoms with Gasteiger partial charge >= 0.3 is 10.2 Å². The zero-order valence-electron chi connectivity index (χ0n) is 16.0. The molecule has 1 aromatic heterocycles. The Bertz CT molecular complexity index is 1290. The lowest BCUT2D eigenvalue weighted by molar-refractivity contribution is 0.482. The molecule has 30 heavy (non-hydrogen) atoms. The molecule has 1 fully saturated rings. The van der Waals surface area contributed by atoms with E-state index >= 15 is 4.39 Å². The number of aromatic nitrogens is 2. The van der Waals surface area contributed by atoms with Crippen molar-refractivity contribution in [3.05, 3.63) is 57.9 Å². The maximum absolute atomic E-state index is 15.1. The molecule has 0 aliphatic carbocycles. The second-order valence-corrected chi connectivity index (χ2v) is 9.09. The number of benzene rings is 2. The maximum Gasteiger partial charge on any atom is 0.301 e. The summed E-state index contributed by atoms with van der Waals surface area (Å²) in [5.74, 6) is -0.843. The predicted octanol–water partition coefficient (Wildman–Crippen LogP) is 3.22. The van der Waals surface area contributed by atoms with Crippen LogP contribution in [0, 0.1) is 5.82 Å². The lowest BCUT2D eigenvalue weighted by Gasteiger charge is -2.19. The molecule has 11 heteroatoms. The van der Waals surface area contributed by atoms with Gasteiger partial charge in [0.15, 0.2) is 5.82 Å². The number of nitrogens with zero attached hydrogens (tertiary/aromatic N) is 3. The molecule has 1 aliphatic rings. The van der Waals surface area contributed by atoms with E-state index in [1.54, 1.807) is 25.2 Å². The van der Waals surface area contributed by atoms with Gasteiger partial charge in [-0.1, -0.05) is 11.6 Å². The molecule has 0 saturated carbocycles. The Kier molecular flexibility index (Phi) is 5.39. The predicted molar refractivity (Wildman–Crippen MR) is 115 cm³/mol. The van der Waals surface area contributed by atoms with Crippen LogP contribution in [0.1, 0.15) is 12.8 Å². The first-order chi connectivity index (χ1) is 14.3. The highest BCUT2D eigenvalue weighted by Crippen LogP contribution is 2.34. The van der Waals surface area contributed by atoms with Crippen molar-refractivity contribution < 1.29 is 12.8 Å². The zero-order valence-corrected chi connectivity index (χ0v) is 17.6. The molecule has 4 rings (SSSR count). The SMILES string of the molecule is Cn1cnc2ccc(Nc3c(Cl)ccc(NS(=O)(=O)N4CCCC4)c3F)cc2c1=O. The molecule has 0 amide bonds. The fourth-order valence-corrected chi connectivity index (χ4v) is 4.81. The number of fused-ring (bicyclic) bond motifs is 1. The number of anilines is 3. The van der Waals surface area contributed by atoms with Gasteiger partial charge in [-0.25, -0.2) is 9.37 Å². The second-order valence-electron chi connectivity index (χ2n) is 7.01. The van der Waals surface area contributed by atoms with Crippen molar-refractivity contribution in [3.63, 3.8) is 0 Å². The Morgan fingerprint density at radius 2 is 1.90 bits per heavy atom. The molecular weight excluding hydrogens is 433 g/mol. The van der Waals surface area contributed by atoms with Gasteiger partial charge < -0.3 is 9.88 Å². The summed E-state index contributed by atoms with van der Waals surface area (Å²) < 4.78 is 45.0. The monoisotopic (exact) mass is 451 g/mol. The second kappa shape index (κ2) is 7.86. The van der Waals surface area contributed by atoms with Crippen LogP contribution in [0.5, 0.6) is 0 Å². The first-order valence-corrected chi connectivity index (χ1v) is 11.1. The van der Waals surface area contributed by atoms with Gasteiger partial charge in [-0.3, -0.25) is 9.52 Å². The largest absolute Gasteiger partial charge is 0.352 e. The first kappa shape index (κ1) is 20.6. The number of aryl methyl sites for hydroxylation is 1. The van der Waals surface area contributed by atoms with Crippen LogP contribution in [0.4, 0.5) is 21.5 Å². The lowest BCUT2D eigenvalue weighted by Crippen LogP contribution is -2.33. The van der Waals surface area contributed by atoms with Crippen LogP contribution in [-0.2, 0) is 17.3 Å². The molecule has 158 valence electrons. The third-order valence-corrected chi connectivity index (χ3v) is 6.76. The third-order valence-electron chi connectivity index (χ3n) is 4.92. The molecule has 1 aliphatic heterocycles. The highest BCUT2D eigenvalue weighted by atomic mass is 35.5. The Morgan fingerprint density at radius 1 is 1.17 bits per heavy atom. The Hall–Kier alpha value is -2.69. The maximum atomic E-state index is 15.1. The summed E-state index contributed by atoms with van der Waals surface area (Å²) in [5, 5.41) is 3.26. The van der Waals surface area contributed by atoms with Crippen molar-refractivity contribution >= 4 is 49.8 Å². The highest BCUT2D eigenvalue weighted by Gasteiger charge is 2.27. The molecular formula is C19H19ClFN5O3S. The van der Waals surface area contributed by atoms with Crippen molar-refractivity contribution in [2.24, 2.45) is 7.05 Å². The quantitative estimate of drug-likeness (QED) is 0.621. The average molecular weight is 452 g/mol. The Morgan fingerprint density at radius 3 is 2.63 bits per heavy atom. The van der Waals surface area contributed by atoms with Gasteiger partial charge in [0.25, 0.3) is 5.56 Å². The summed E-state index contributed by atoms with van der Waals surface area (Å²) in [4.78, 5) is 16.5. The Labute approximate surface area is 177 Å². The van der Waals surface area contributed by atoms with Gasteiger partial charge in [0, 0.05) is 25.8 Å². The van der Waals surface area contributed by atoms with Gasteiger partial charge in [-0.2, -0.15) is 12.7 Å². The van der Waals surface area contributed by atoms with Gasteiger partial charge in [-0.15, -0.1) is 0 Å². The molecule has 2 N–H and O–H groups in total. The average Bonchev–Trinajstić information content (AvgIpc) is 3.26. The van der Waals surface area contributed by atoms with Gasteiger partial charge in [-0.05, 0) is 43.2 Å². The van der Waals surface area contributed by atoms with Crippen molar-refractivity contribution in [2.45, 2.75) is 12.8 Å². The minimum Gasteiger partial charge on any atom is -0.352 e. The van der Waals surface area contributed by atoms with Crippen LogP contribution >= 0.6 is 11.6 Å². The number of hydrogen-bond donors (Lipinski definition) is 2. The number of halogens is 2. The topological polar surface area (TPSA) is 96.3 Å². The van der Waals surface area contributed by atoms with E-state index in [-0.39, 0.29) is 22.0 Å². The first-order valence-electron chi connectivity index (χ1n) is 9.24. The van der Waals surface area contributed by atoms with Gasteiger partial charge in [0.05, 0.1) is 33.6 Å². The van der Waals surface area contributed by atoms with E-state index < -0.39 is 16.0 Å². The summed E-state index contributed by atoms with van der Waals surface area (Å²) in [6, 6.07) is 7.48. The summed E-state index contributed by atoms with van der Waals surface area (Å²) in [5.41, 5.74) is 0.350. The zero-order chi connectivity index (χ0) is 21.5. The van der Waals surface area contributed by atoms with Crippen LogP contribution in [0.3, 0.4) is 0 Å². The van der Waals surface area contributed by atoms with Crippen LogP contribution in [0.25, 0.3) is 10.9 Å². The minimum atomic E-state index is -3.86. The number of rotatable bonds is 5. The molecule has 0 bridgehead atoms. The number of hydrogen-bond acceptors (Lipinski definition) is 5. The van der Waals surface area contributed by atoms with Crippen LogP contribution in [0.15, 0.2) is 41.5 Å². The van der Waals surface area contributed by atoms with E-state index in [1.807, 2.05) is 0 Å². The van der Waals surface area contributed by atoms with Crippen LogP contribution in [0.2, 0.25) is 5.02 Å². The molecule has 0 radical (unpaired) electrons. The standard InChI is InChI=1S/C19H19ClFN5O3S/c1-25-11-22-15-6-4-12(10-13(15)19(25)27)23-18-14(20)5-7-16(17(18)21)24-30(28,29)26-8-2-3-9-26/h4-7,10-11,23-24H,2-3,8-9H2,1H3. The molecule has 0 spiro atoms. The molecule has 3 aromatic rings. The van der Waals surface area contributed by atoms with E-state index in [2.05, 4.69) is 15.0 Å². The molecule has 2 heterocycles. The molecule has 2 aromatic carbocycles. The van der Waals surface area contributed by atoms with Crippen molar-refractivity contribution in [2.75, 3.05) is 23.1 Å². The molecule has 0 unspecified atom stereocenters. The van der Waals surface area contributed by atoms with Crippen LogP contribution < -0.4 is 15.6 Å². The summed E-state index contributed by atoms with van der Waals surface area (Å²) in [7, 11) is -2.27. The van der Waals surface area contributed by atoms with Gasteiger partial charge in [0.1, 0.15) is 0 Å².